The summed E-state index contributed by atoms with van der Waals surface area (Å²) < 4.78 is 5.89. The van der Waals surface area contributed by atoms with Crippen molar-refractivity contribution in [1.82, 2.24) is 4.90 Å². The van der Waals surface area contributed by atoms with Gasteiger partial charge in [-0.3, -0.25) is 4.90 Å². The van der Waals surface area contributed by atoms with Crippen LogP contribution in [0.3, 0.4) is 0 Å². The average molecular weight is 324 g/mol. The third-order valence-corrected chi connectivity index (χ3v) is 3.86. The first kappa shape index (κ1) is 16.3. The smallest absolute Gasteiger partial charge is 0.0953 e. The van der Waals surface area contributed by atoms with Crippen LogP contribution in [0.25, 0.3) is 0 Å². The second kappa shape index (κ2) is 7.81. The Labute approximate surface area is 137 Å². The van der Waals surface area contributed by atoms with Crippen molar-refractivity contribution in [2.45, 2.75) is 12.6 Å². The van der Waals surface area contributed by atoms with Gasteiger partial charge in [0, 0.05) is 24.7 Å². The molecule has 0 aromatic heterocycles. The number of rotatable bonds is 3. The standard InChI is InChI=1S/C17H18ClNO.ClH/c18-16-8-4-7-15(11-16)17-13-19(9-10-20-17)12-14-5-2-1-3-6-14;/h1-8,11,17H,9-10,12-13H2;1H. The molecule has 0 N–H and O–H groups in total. The molecule has 0 saturated carbocycles. The van der Waals surface area contributed by atoms with Crippen LogP contribution in [-0.2, 0) is 11.3 Å². The topological polar surface area (TPSA) is 12.5 Å². The molecule has 2 aromatic rings. The monoisotopic (exact) mass is 323 g/mol. The normalized spacial score (nSPS) is 19.0. The third kappa shape index (κ3) is 4.45. The summed E-state index contributed by atoms with van der Waals surface area (Å²) in [4.78, 5) is 2.43. The van der Waals surface area contributed by atoms with Gasteiger partial charge in [0.05, 0.1) is 12.7 Å². The molecule has 112 valence electrons. The van der Waals surface area contributed by atoms with E-state index < -0.39 is 0 Å². The predicted octanol–water partition coefficient (Wildman–Crippen LogP) is 4.34. The van der Waals surface area contributed by atoms with Crippen molar-refractivity contribution in [3.63, 3.8) is 0 Å². The van der Waals surface area contributed by atoms with E-state index in [1.165, 1.54) is 5.56 Å². The fourth-order valence-electron chi connectivity index (χ4n) is 2.60. The summed E-state index contributed by atoms with van der Waals surface area (Å²) in [5.41, 5.74) is 2.51. The van der Waals surface area contributed by atoms with Crippen molar-refractivity contribution in [1.29, 1.82) is 0 Å². The molecule has 2 nitrogen and oxygen atoms in total. The van der Waals surface area contributed by atoms with E-state index in [1.54, 1.807) is 0 Å². The van der Waals surface area contributed by atoms with Crippen molar-refractivity contribution in [2.24, 2.45) is 0 Å². The van der Waals surface area contributed by atoms with Gasteiger partial charge >= 0.3 is 0 Å². The molecule has 0 aliphatic carbocycles. The number of nitrogens with zero attached hydrogens (tertiary/aromatic N) is 1. The van der Waals surface area contributed by atoms with Gasteiger partial charge in [-0.1, -0.05) is 54.1 Å². The maximum atomic E-state index is 6.06. The molecule has 2 aromatic carbocycles. The van der Waals surface area contributed by atoms with Crippen molar-refractivity contribution in [2.75, 3.05) is 19.7 Å². The fourth-order valence-corrected chi connectivity index (χ4v) is 2.80. The summed E-state index contributed by atoms with van der Waals surface area (Å²) in [6.07, 6.45) is 0.117. The maximum Gasteiger partial charge on any atom is 0.0953 e. The number of halogens is 2. The molecule has 0 amide bonds. The maximum absolute atomic E-state index is 6.06. The van der Waals surface area contributed by atoms with Crippen molar-refractivity contribution in [3.8, 4) is 0 Å². The molecule has 1 atom stereocenters. The third-order valence-electron chi connectivity index (χ3n) is 3.62. The Morgan fingerprint density at radius 3 is 2.67 bits per heavy atom. The number of morpholine rings is 1. The van der Waals surface area contributed by atoms with Crippen LogP contribution in [0.5, 0.6) is 0 Å². The molecule has 0 radical (unpaired) electrons. The lowest BCUT2D eigenvalue weighted by Gasteiger charge is -2.33. The van der Waals surface area contributed by atoms with Crippen LogP contribution in [0.2, 0.25) is 5.02 Å². The molecule has 1 heterocycles. The zero-order chi connectivity index (χ0) is 13.8. The first-order valence-corrected chi connectivity index (χ1v) is 7.32. The van der Waals surface area contributed by atoms with E-state index in [4.69, 9.17) is 16.3 Å². The number of hydrogen-bond donors (Lipinski definition) is 0. The lowest BCUT2D eigenvalue weighted by molar-refractivity contribution is -0.0329. The van der Waals surface area contributed by atoms with Gasteiger partial charge < -0.3 is 4.74 Å². The van der Waals surface area contributed by atoms with E-state index in [0.29, 0.717) is 0 Å². The van der Waals surface area contributed by atoms with Crippen LogP contribution in [0.4, 0.5) is 0 Å². The Morgan fingerprint density at radius 2 is 1.90 bits per heavy atom. The lowest BCUT2D eigenvalue weighted by atomic mass is 10.1. The first-order chi connectivity index (χ1) is 9.81. The number of benzene rings is 2. The zero-order valence-corrected chi connectivity index (χ0v) is 13.3. The first-order valence-electron chi connectivity index (χ1n) is 6.94. The van der Waals surface area contributed by atoms with Gasteiger partial charge in [0.1, 0.15) is 0 Å². The van der Waals surface area contributed by atoms with E-state index >= 15 is 0 Å². The quantitative estimate of drug-likeness (QED) is 0.833. The van der Waals surface area contributed by atoms with Gasteiger partial charge in [-0.25, -0.2) is 0 Å². The minimum Gasteiger partial charge on any atom is -0.371 e. The van der Waals surface area contributed by atoms with Crippen LogP contribution < -0.4 is 0 Å². The van der Waals surface area contributed by atoms with E-state index in [9.17, 15) is 0 Å². The summed E-state index contributed by atoms with van der Waals surface area (Å²) in [6, 6.07) is 18.5. The van der Waals surface area contributed by atoms with Gasteiger partial charge in [0.2, 0.25) is 0 Å². The molecule has 3 rings (SSSR count). The fraction of sp³-hybridized carbons (Fsp3) is 0.294. The van der Waals surface area contributed by atoms with Gasteiger partial charge in [0.15, 0.2) is 0 Å². The summed E-state index contributed by atoms with van der Waals surface area (Å²) >= 11 is 6.06. The van der Waals surface area contributed by atoms with Crippen LogP contribution in [0, 0.1) is 0 Å². The Hall–Kier alpha value is -1.06. The van der Waals surface area contributed by atoms with Crippen LogP contribution in [0.15, 0.2) is 54.6 Å². The largest absolute Gasteiger partial charge is 0.371 e. The summed E-state index contributed by atoms with van der Waals surface area (Å²) in [5, 5.41) is 0.770. The minimum atomic E-state index is 0. The van der Waals surface area contributed by atoms with Gasteiger partial charge in [0.25, 0.3) is 0 Å². The lowest BCUT2D eigenvalue weighted by Crippen LogP contribution is -2.37. The molecule has 21 heavy (non-hydrogen) atoms. The zero-order valence-electron chi connectivity index (χ0n) is 11.7. The van der Waals surface area contributed by atoms with Gasteiger partial charge in [-0.05, 0) is 23.3 Å². The van der Waals surface area contributed by atoms with E-state index in [1.807, 2.05) is 18.2 Å². The van der Waals surface area contributed by atoms with E-state index in [2.05, 4.69) is 41.3 Å². The SMILES string of the molecule is Cl.Clc1cccc(C2CN(Cc3ccccc3)CCO2)c1. The molecule has 0 spiro atoms. The van der Waals surface area contributed by atoms with Crippen molar-refractivity contribution >= 4 is 24.0 Å². The van der Waals surface area contributed by atoms with E-state index in [-0.39, 0.29) is 18.5 Å². The Balaban J connectivity index is 0.00000161. The average Bonchev–Trinajstić information content (AvgIpc) is 2.49. The van der Waals surface area contributed by atoms with Crippen LogP contribution in [0.1, 0.15) is 17.2 Å². The molecule has 1 aliphatic rings. The summed E-state index contributed by atoms with van der Waals surface area (Å²) in [6.45, 7) is 3.63. The molecular weight excluding hydrogens is 305 g/mol. The second-order valence-corrected chi connectivity index (χ2v) is 5.57. The van der Waals surface area contributed by atoms with Crippen molar-refractivity contribution < 1.29 is 4.74 Å². The van der Waals surface area contributed by atoms with Crippen molar-refractivity contribution in [3.05, 3.63) is 70.7 Å². The molecule has 1 unspecified atom stereocenters. The molecule has 1 aliphatic heterocycles. The second-order valence-electron chi connectivity index (χ2n) is 5.14. The highest BCUT2D eigenvalue weighted by Gasteiger charge is 2.22. The Morgan fingerprint density at radius 1 is 1.10 bits per heavy atom. The highest BCUT2D eigenvalue weighted by atomic mass is 35.5. The molecule has 1 saturated heterocycles. The summed E-state index contributed by atoms with van der Waals surface area (Å²) in [5.74, 6) is 0. The van der Waals surface area contributed by atoms with E-state index in [0.717, 1.165) is 36.8 Å². The molecule has 1 fully saturated rings. The summed E-state index contributed by atoms with van der Waals surface area (Å²) in [7, 11) is 0. The van der Waals surface area contributed by atoms with Gasteiger partial charge in [-0.2, -0.15) is 0 Å². The number of ether oxygens (including phenoxy) is 1. The molecule has 4 heteroatoms. The highest BCUT2D eigenvalue weighted by molar-refractivity contribution is 6.30. The predicted molar refractivity (Wildman–Crippen MR) is 89.1 cm³/mol. The molecule has 0 bridgehead atoms. The highest BCUT2D eigenvalue weighted by Crippen LogP contribution is 2.25. The Bertz CT molecular complexity index is 562. The van der Waals surface area contributed by atoms with Gasteiger partial charge in [-0.15, -0.1) is 12.4 Å². The van der Waals surface area contributed by atoms with Crippen LogP contribution in [-0.4, -0.2) is 24.6 Å². The Kier molecular flexibility index (Phi) is 6.07. The minimum absolute atomic E-state index is 0. The number of hydrogen-bond acceptors (Lipinski definition) is 2. The molecular formula is C17H19Cl2NO. The van der Waals surface area contributed by atoms with Crippen LogP contribution >= 0.6 is 24.0 Å².